The van der Waals surface area contributed by atoms with Crippen LogP contribution in [-0.2, 0) is 16.1 Å². The molecule has 0 unspecified atom stereocenters. The van der Waals surface area contributed by atoms with Gasteiger partial charge in [0.1, 0.15) is 18.1 Å². The Labute approximate surface area is 213 Å². The summed E-state index contributed by atoms with van der Waals surface area (Å²) in [4.78, 5) is 26.1. The van der Waals surface area contributed by atoms with Crippen molar-refractivity contribution in [3.05, 3.63) is 58.1 Å². The van der Waals surface area contributed by atoms with Crippen LogP contribution in [0.3, 0.4) is 0 Å². The smallest absolute Gasteiger partial charge is 0.366 e. The number of nitrogen functional groups attached to an aromatic ring is 1. The minimum atomic E-state index is -0.486. The number of nitrogens with one attached hydrogen (secondary N) is 3. The molecule has 0 aliphatic rings. The minimum absolute atomic E-state index is 0.00677. The molecule has 2 aromatic carbocycles. The number of amidine groups is 1. The van der Waals surface area contributed by atoms with Crippen LogP contribution in [0.25, 0.3) is 0 Å². The van der Waals surface area contributed by atoms with Crippen LogP contribution in [0.15, 0.2) is 36.4 Å². The number of primary amides is 1. The number of likely N-dealkylation sites (N-methyl/N-ethyl adjacent to an activating group) is 1. The molecule has 0 radical (unpaired) electrons. The van der Waals surface area contributed by atoms with E-state index in [0.717, 1.165) is 12.2 Å². The third kappa shape index (κ3) is 8.69. The fourth-order valence-electron chi connectivity index (χ4n) is 2.91. The lowest BCUT2D eigenvalue weighted by atomic mass is 10.1. The Balaban J connectivity index is 2.33. The van der Waals surface area contributed by atoms with E-state index in [-0.39, 0.29) is 37.3 Å². The number of nitrogens with zero attached hydrogens (tertiary/aromatic N) is 1. The van der Waals surface area contributed by atoms with Crippen molar-refractivity contribution in [1.82, 2.24) is 5.32 Å². The molecule has 2 aromatic rings. The first kappa shape index (κ1) is 27.8. The van der Waals surface area contributed by atoms with Gasteiger partial charge < -0.3 is 30.9 Å². The highest BCUT2D eigenvalue weighted by atomic mass is 35.5. The van der Waals surface area contributed by atoms with Gasteiger partial charge in [-0.2, -0.15) is 0 Å². The van der Waals surface area contributed by atoms with E-state index >= 15 is 0 Å². The van der Waals surface area contributed by atoms with Crippen molar-refractivity contribution in [1.29, 1.82) is 5.41 Å². The minimum Gasteiger partial charge on any atom is -0.483 e. The second-order valence-corrected chi connectivity index (χ2v) is 8.98. The van der Waals surface area contributed by atoms with Crippen LogP contribution in [0.1, 0.15) is 30.0 Å². The third-order valence-electron chi connectivity index (χ3n) is 4.66. The first-order valence-corrected chi connectivity index (χ1v) is 12.1. The molecule has 0 aliphatic heterocycles. The van der Waals surface area contributed by atoms with Gasteiger partial charge in [-0.15, -0.1) is 0 Å². The zero-order chi connectivity index (χ0) is 26.0. The summed E-state index contributed by atoms with van der Waals surface area (Å²) in [5, 5.41) is 21.2. The molecule has 0 saturated heterocycles. The molecule has 12 heteroatoms. The number of carbonyl (C=O) groups is 2. The van der Waals surface area contributed by atoms with Gasteiger partial charge in [0.2, 0.25) is 5.91 Å². The largest absolute Gasteiger partial charge is 0.483 e. The number of hydrogen-bond donors (Lipinski definition) is 6. The number of carbonyl (C=O) groups excluding carboxylic acids is 2. The van der Waals surface area contributed by atoms with Crippen molar-refractivity contribution < 1.29 is 24.4 Å². The van der Waals surface area contributed by atoms with Gasteiger partial charge in [-0.25, -0.2) is 4.99 Å². The molecule has 0 heterocycles. The molecule has 0 fully saturated rings. The molecule has 10 nitrogen and oxygen atoms in total. The lowest BCUT2D eigenvalue weighted by Gasteiger charge is -2.22. The van der Waals surface area contributed by atoms with E-state index in [1.807, 2.05) is 6.92 Å². The van der Waals surface area contributed by atoms with E-state index in [4.69, 9.17) is 33.2 Å². The highest BCUT2D eigenvalue weighted by Crippen LogP contribution is 2.27. The van der Waals surface area contributed by atoms with Gasteiger partial charge in [0.15, 0.2) is 13.2 Å². The van der Waals surface area contributed by atoms with Crippen molar-refractivity contribution in [3.63, 3.8) is 0 Å². The Morgan fingerprint density at radius 2 is 1.97 bits per heavy atom. The summed E-state index contributed by atoms with van der Waals surface area (Å²) < 4.78 is 7.33. The van der Waals surface area contributed by atoms with Gasteiger partial charge in [-0.1, -0.05) is 24.6 Å². The maximum Gasteiger partial charge on any atom is 0.366 e. The molecule has 0 aliphatic carbocycles. The van der Waals surface area contributed by atoms with Crippen molar-refractivity contribution in [2.75, 3.05) is 30.3 Å². The summed E-state index contributed by atoms with van der Waals surface area (Å²) >= 11 is 7.73. The standard InChI is InChI=1S/C23H29ClN6O4S/c1-3-6-35-30(12-20(25)31)18-8-16(7-17(24)10-18)23(33)29-11-15-5-4-14(22(26)27)9-19(15)34-13-21(32)28-2/h4-5,7-10H,3,6,11-13H2,1-2H3,(H2,25,31)(H3,26,27)(H,28,32)(H,29,33)/p+1. The highest BCUT2D eigenvalue weighted by Gasteiger charge is 2.17. The van der Waals surface area contributed by atoms with E-state index in [0.29, 0.717) is 33.1 Å². The lowest BCUT2D eigenvalue weighted by Crippen LogP contribution is -2.71. The van der Waals surface area contributed by atoms with Crippen LogP contribution < -0.4 is 30.8 Å². The van der Waals surface area contributed by atoms with Gasteiger partial charge in [0.05, 0.1) is 16.8 Å². The third-order valence-corrected chi connectivity index (χ3v) is 6.12. The number of nitrogens with two attached hydrogens (primary N) is 2. The van der Waals surface area contributed by atoms with Crippen LogP contribution in [0, 0.1) is 5.41 Å². The number of benzene rings is 2. The number of aliphatic hydroxyl groups excluding tert-OH is 1. The fourth-order valence-corrected chi connectivity index (χ4v) is 4.01. The number of anilines is 1. The fraction of sp³-hybridized carbons (Fsp3) is 0.304. The maximum absolute atomic E-state index is 11.6. The average Bonchev–Trinajstić information content (AvgIpc) is 2.82. The zero-order valence-corrected chi connectivity index (χ0v) is 21.1. The second-order valence-electron chi connectivity index (χ2n) is 7.43. The Bertz CT molecular complexity index is 1110. The van der Waals surface area contributed by atoms with Crippen molar-refractivity contribution in [3.8, 4) is 5.75 Å². The molecule has 0 bridgehead atoms. The topological polar surface area (TPSA) is 169 Å². The second kappa shape index (κ2) is 13.4. The quantitative estimate of drug-likeness (QED) is 0.128. The van der Waals surface area contributed by atoms with Gasteiger partial charge in [-0.3, -0.25) is 15.0 Å². The summed E-state index contributed by atoms with van der Waals surface area (Å²) in [5.41, 5.74) is 13.1. The molecule has 0 aromatic heterocycles. The normalized spacial score (nSPS) is 11.1. The van der Waals surface area contributed by atoms with Gasteiger partial charge in [0.25, 0.3) is 5.91 Å². The predicted octanol–water partition coefficient (Wildman–Crippen LogP) is 0.684. The number of ether oxygens (including phenoxy) is 1. The van der Waals surface area contributed by atoms with Gasteiger partial charge in [-0.05, 0) is 48.7 Å². The Morgan fingerprint density at radius 3 is 2.60 bits per heavy atom. The molecule has 188 valence electrons. The van der Waals surface area contributed by atoms with Crippen molar-refractivity contribution in [2.24, 2.45) is 11.5 Å². The summed E-state index contributed by atoms with van der Waals surface area (Å²) in [5.74, 6) is 0.0204. The van der Waals surface area contributed by atoms with Gasteiger partial charge >= 0.3 is 5.90 Å². The van der Waals surface area contributed by atoms with E-state index in [1.165, 1.54) is 19.0 Å². The molecule has 2 rings (SSSR count). The SMILES string of the molecule is CCCSN(CC(N)=O)c1cc(Cl)cc(C(O)=[NH+]Cc2ccc(C(=N)N)cc2OCC(=O)NC)c1. The maximum atomic E-state index is 11.6. The molecule has 8 N–H and O–H groups in total. The molecule has 0 atom stereocenters. The Morgan fingerprint density at radius 1 is 1.23 bits per heavy atom. The first-order chi connectivity index (χ1) is 16.6. The monoisotopic (exact) mass is 521 g/mol. The van der Waals surface area contributed by atoms with E-state index in [9.17, 15) is 14.7 Å². The van der Waals surface area contributed by atoms with E-state index in [2.05, 4.69) is 10.3 Å². The van der Waals surface area contributed by atoms with Crippen LogP contribution in [0.2, 0.25) is 5.02 Å². The zero-order valence-electron chi connectivity index (χ0n) is 19.6. The number of amides is 2. The molecule has 2 amide bonds. The van der Waals surface area contributed by atoms with Gasteiger partial charge in [0, 0.05) is 23.4 Å². The average molecular weight is 522 g/mol. The van der Waals surface area contributed by atoms with Crippen LogP contribution >= 0.6 is 23.5 Å². The van der Waals surface area contributed by atoms with Crippen LogP contribution in [0.5, 0.6) is 5.75 Å². The number of hydrogen-bond acceptors (Lipinski definition) is 6. The number of halogens is 1. The van der Waals surface area contributed by atoms with Crippen LogP contribution in [0.4, 0.5) is 5.69 Å². The van der Waals surface area contributed by atoms with Crippen molar-refractivity contribution >= 4 is 52.8 Å². The van der Waals surface area contributed by atoms with E-state index < -0.39 is 5.91 Å². The number of rotatable bonds is 13. The van der Waals surface area contributed by atoms with E-state index in [1.54, 1.807) is 40.7 Å². The summed E-state index contributed by atoms with van der Waals surface area (Å²) in [6.07, 6.45) is 0.902. The summed E-state index contributed by atoms with van der Waals surface area (Å²) in [6.45, 7) is 1.94. The molecular weight excluding hydrogens is 492 g/mol. The Hall–Kier alpha value is -3.44. The lowest BCUT2D eigenvalue weighted by molar-refractivity contribution is -0.483. The summed E-state index contributed by atoms with van der Waals surface area (Å²) in [7, 11) is 1.50. The molecule has 0 spiro atoms. The molecular formula is C23H30ClN6O4S+. The number of aliphatic hydroxyl groups is 1. The highest BCUT2D eigenvalue weighted by molar-refractivity contribution is 8.00. The van der Waals surface area contributed by atoms with Crippen LogP contribution in [-0.4, -0.2) is 54.6 Å². The first-order valence-electron chi connectivity index (χ1n) is 10.7. The summed E-state index contributed by atoms with van der Waals surface area (Å²) in [6, 6.07) is 9.87. The molecule has 35 heavy (non-hydrogen) atoms. The predicted molar refractivity (Wildman–Crippen MR) is 139 cm³/mol. The Kier molecular flexibility index (Phi) is 10.7. The molecule has 0 saturated carbocycles. The van der Waals surface area contributed by atoms with Crippen molar-refractivity contribution in [2.45, 2.75) is 19.9 Å².